The maximum absolute atomic E-state index is 14.7. The number of amides is 8. The molecular weight excluding hydrogens is 991 g/mol. The highest BCUT2D eigenvalue weighted by atomic mass is 16.5. The van der Waals surface area contributed by atoms with Gasteiger partial charge in [-0.05, 0) is 67.7 Å². The van der Waals surface area contributed by atoms with Crippen LogP contribution in [-0.4, -0.2) is 133 Å². The van der Waals surface area contributed by atoms with Gasteiger partial charge in [0.05, 0.1) is 19.6 Å². The Morgan fingerprint density at radius 3 is 1.91 bits per heavy atom. The lowest BCUT2D eigenvalue weighted by Gasteiger charge is -2.28. The molecule has 24 heteroatoms. The number of nitrogens with one attached hydrogen (secondary N) is 13. The number of para-hydroxylation sites is 1. The quantitative estimate of drug-likeness (QED) is 0.0318. The van der Waals surface area contributed by atoms with Gasteiger partial charge >= 0.3 is 0 Å². The Bertz CT molecular complexity index is 2630. The lowest BCUT2D eigenvalue weighted by atomic mass is 10.0. The fourth-order valence-corrected chi connectivity index (χ4v) is 8.50. The van der Waals surface area contributed by atoms with Gasteiger partial charge in [-0.2, -0.15) is 0 Å². The minimum Gasteiger partial charge on any atom is -0.374 e. The van der Waals surface area contributed by atoms with E-state index >= 15 is 0 Å². The number of ether oxygens (including phenoxy) is 1. The highest BCUT2D eigenvalue weighted by molar-refractivity contribution is 5.98. The van der Waals surface area contributed by atoms with E-state index in [4.69, 9.17) is 27.0 Å². The van der Waals surface area contributed by atoms with E-state index in [1.165, 1.54) is 6.92 Å². The Balaban J connectivity index is 1.50. The second-order valence-corrected chi connectivity index (χ2v) is 18.7. The molecule has 1 aliphatic rings. The van der Waals surface area contributed by atoms with Gasteiger partial charge in [-0.1, -0.05) is 78.9 Å². The maximum atomic E-state index is 14.7. The molecule has 0 saturated carbocycles. The fraction of sp³-hybridized carbons (Fsp3) is 0.434. The van der Waals surface area contributed by atoms with E-state index < -0.39 is 96.5 Å². The SMILES string of the molecule is CC(=O)N[C@@H](CCCNC(=N)N)C(=O)N[C@H]1CC(=O)NCCCCCNC(=O)[C@H](Cc2c[nH]c3ccccc23)NC(=O)[C@H](CCCNC(=N)N)NC(=O)[C@@H](Cc2ccccc2)NC(=O)[C@H](COCc2ccccc2)NC1=O. The fourth-order valence-electron chi connectivity index (χ4n) is 8.50. The molecule has 0 spiro atoms. The van der Waals surface area contributed by atoms with Crippen molar-refractivity contribution < 1.29 is 43.1 Å². The van der Waals surface area contributed by atoms with Gasteiger partial charge in [0.25, 0.3) is 0 Å². The van der Waals surface area contributed by atoms with Crippen molar-refractivity contribution in [2.75, 3.05) is 32.8 Å². The van der Waals surface area contributed by atoms with Crippen LogP contribution in [0.4, 0.5) is 0 Å². The number of carbonyl (C=O) groups is 8. The van der Waals surface area contributed by atoms with Gasteiger partial charge in [0.15, 0.2) is 11.9 Å². The number of fused-ring (bicyclic) bond motifs is 1. The summed E-state index contributed by atoms with van der Waals surface area (Å²) in [5.74, 6) is -6.40. The second kappa shape index (κ2) is 31.4. The van der Waals surface area contributed by atoms with E-state index in [0.29, 0.717) is 24.8 Å². The zero-order chi connectivity index (χ0) is 55.5. The number of hydrogen-bond donors (Lipinski definition) is 15. The molecule has 8 amide bonds. The molecule has 24 nitrogen and oxygen atoms in total. The van der Waals surface area contributed by atoms with Crippen LogP contribution in [0.2, 0.25) is 0 Å². The summed E-state index contributed by atoms with van der Waals surface area (Å²) in [7, 11) is 0. The molecule has 0 radical (unpaired) electrons. The van der Waals surface area contributed by atoms with Crippen LogP contribution in [0.25, 0.3) is 10.9 Å². The van der Waals surface area contributed by atoms with Gasteiger partial charge in [0, 0.05) is 63.0 Å². The van der Waals surface area contributed by atoms with Crippen LogP contribution in [0.3, 0.4) is 0 Å². The summed E-state index contributed by atoms with van der Waals surface area (Å²) in [4.78, 5) is 115. The largest absolute Gasteiger partial charge is 0.374 e. The topological polar surface area (TPSA) is 382 Å². The number of benzene rings is 3. The van der Waals surface area contributed by atoms with Crippen LogP contribution in [0.1, 0.15) is 75.0 Å². The number of guanidine groups is 2. The highest BCUT2D eigenvalue weighted by Gasteiger charge is 2.35. The summed E-state index contributed by atoms with van der Waals surface area (Å²) in [6, 6.07) is 17.1. The lowest BCUT2D eigenvalue weighted by Crippen LogP contribution is -2.61. The molecular formula is C53H73N15O9. The van der Waals surface area contributed by atoms with Crippen molar-refractivity contribution in [2.24, 2.45) is 11.5 Å². The molecule has 6 atom stereocenters. The second-order valence-electron chi connectivity index (χ2n) is 18.7. The van der Waals surface area contributed by atoms with Crippen LogP contribution in [-0.2, 0) is 62.5 Å². The third kappa shape index (κ3) is 21.0. The van der Waals surface area contributed by atoms with Gasteiger partial charge in [-0.15, -0.1) is 0 Å². The maximum Gasteiger partial charge on any atom is 0.245 e. The monoisotopic (exact) mass is 1060 g/mol. The Labute approximate surface area is 446 Å². The molecule has 4 aromatic rings. The number of H-pyrrole nitrogens is 1. The van der Waals surface area contributed by atoms with Crippen molar-refractivity contribution >= 4 is 70.1 Å². The minimum atomic E-state index is -1.60. The van der Waals surface area contributed by atoms with Crippen LogP contribution in [0.5, 0.6) is 0 Å². The van der Waals surface area contributed by atoms with E-state index in [1.807, 2.05) is 30.3 Å². The van der Waals surface area contributed by atoms with Crippen molar-refractivity contribution in [1.82, 2.24) is 58.2 Å². The molecule has 5 rings (SSSR count). The molecule has 1 aliphatic heterocycles. The van der Waals surface area contributed by atoms with Crippen LogP contribution < -0.4 is 64.6 Å². The number of nitrogens with two attached hydrogens (primary N) is 2. The minimum absolute atomic E-state index is 0.00245. The van der Waals surface area contributed by atoms with Crippen molar-refractivity contribution in [3.05, 3.63) is 108 Å². The molecule has 2 heterocycles. The first-order valence-corrected chi connectivity index (χ1v) is 25.8. The smallest absolute Gasteiger partial charge is 0.245 e. The first kappa shape index (κ1) is 59.3. The third-order valence-corrected chi connectivity index (χ3v) is 12.5. The Hall–Kier alpha value is -8.54. The van der Waals surface area contributed by atoms with Crippen LogP contribution in [0, 0.1) is 10.8 Å². The highest BCUT2D eigenvalue weighted by Crippen LogP contribution is 2.20. The van der Waals surface area contributed by atoms with Crippen molar-refractivity contribution in [3.63, 3.8) is 0 Å². The van der Waals surface area contributed by atoms with Gasteiger partial charge < -0.3 is 74.4 Å². The number of carbonyl (C=O) groups excluding carboxylic acids is 8. The van der Waals surface area contributed by atoms with Crippen molar-refractivity contribution in [3.8, 4) is 0 Å². The zero-order valence-corrected chi connectivity index (χ0v) is 43.3. The number of aromatic nitrogens is 1. The summed E-state index contributed by atoms with van der Waals surface area (Å²) < 4.78 is 5.99. The molecule has 414 valence electrons. The summed E-state index contributed by atoms with van der Waals surface area (Å²) in [6.45, 7) is 1.50. The molecule has 0 bridgehead atoms. The lowest BCUT2D eigenvalue weighted by molar-refractivity contribution is -0.137. The van der Waals surface area contributed by atoms with Crippen molar-refractivity contribution in [1.29, 1.82) is 10.8 Å². The standard InChI is InChI=1S/C53H73N15O9/c1-33(69)63-39(21-13-25-60-52(54)55)47(72)67-43-29-45(70)58-23-11-4-12-24-59-46(71)42(28-36-30-62-38-20-10-9-19-37(36)38)66-48(73)40(22-14-26-61-53(56)57)64-49(74)41(27-34-15-5-2-6-16-34)65-51(76)44(68-50(43)75)32-77-31-35-17-7-3-8-18-35/h2-3,5-10,15-20,30,39-44,62H,4,11-14,21-29,31-32H2,1H3,(H,58,70)(H,59,71)(H,63,69)(H,64,74)(H,65,76)(H,66,73)(H,67,72)(H,68,75)(H4,54,55,60)(H4,56,57,61)/t39-,40-,41+,42-,43-,44-/m0/s1. The molecule has 3 aromatic carbocycles. The summed E-state index contributed by atoms with van der Waals surface area (Å²) in [6.07, 6.45) is 3.23. The number of aromatic amines is 1. The average molecular weight is 1060 g/mol. The van der Waals surface area contributed by atoms with Crippen molar-refractivity contribution in [2.45, 2.75) is 114 Å². The first-order valence-electron chi connectivity index (χ1n) is 25.8. The Morgan fingerprint density at radius 2 is 1.23 bits per heavy atom. The molecule has 1 saturated heterocycles. The molecule has 0 unspecified atom stereocenters. The summed E-state index contributed by atoms with van der Waals surface area (Å²) in [5, 5.41) is 43.2. The number of hydrogen-bond acceptors (Lipinski definition) is 11. The van der Waals surface area contributed by atoms with E-state index in [0.717, 1.165) is 22.0 Å². The summed E-state index contributed by atoms with van der Waals surface area (Å²) in [5.41, 5.74) is 13.9. The molecule has 1 fully saturated rings. The normalized spacial score (nSPS) is 19.9. The predicted octanol–water partition coefficient (Wildman–Crippen LogP) is -0.568. The van der Waals surface area contributed by atoms with E-state index in [2.05, 4.69) is 58.2 Å². The Kier molecular flexibility index (Phi) is 24.2. The predicted molar refractivity (Wildman–Crippen MR) is 288 cm³/mol. The van der Waals surface area contributed by atoms with Crippen LogP contribution >= 0.6 is 0 Å². The van der Waals surface area contributed by atoms with Gasteiger partial charge in [-0.3, -0.25) is 49.2 Å². The van der Waals surface area contributed by atoms with Gasteiger partial charge in [0.1, 0.15) is 36.3 Å². The number of rotatable bonds is 19. The summed E-state index contributed by atoms with van der Waals surface area (Å²) >= 11 is 0. The molecule has 1 aromatic heterocycles. The van der Waals surface area contributed by atoms with Gasteiger partial charge in [-0.25, -0.2) is 0 Å². The molecule has 0 aliphatic carbocycles. The molecule has 17 N–H and O–H groups in total. The van der Waals surface area contributed by atoms with Gasteiger partial charge in [0.2, 0.25) is 47.3 Å². The van der Waals surface area contributed by atoms with E-state index in [1.54, 1.807) is 60.8 Å². The first-order chi connectivity index (χ1) is 37.1. The van der Waals surface area contributed by atoms with Crippen LogP contribution in [0.15, 0.2) is 91.1 Å². The zero-order valence-electron chi connectivity index (χ0n) is 43.3. The average Bonchev–Trinajstić information content (AvgIpc) is 3.81. The Morgan fingerprint density at radius 1 is 0.662 bits per heavy atom. The van der Waals surface area contributed by atoms with E-state index in [9.17, 15) is 38.4 Å². The molecule has 77 heavy (non-hydrogen) atoms. The van der Waals surface area contributed by atoms with E-state index in [-0.39, 0.29) is 83.2 Å². The third-order valence-electron chi connectivity index (χ3n) is 12.5.